The van der Waals surface area contributed by atoms with Gasteiger partial charge in [-0.1, -0.05) is 25.7 Å². The van der Waals surface area contributed by atoms with Gasteiger partial charge in [0.25, 0.3) is 5.91 Å². The first kappa shape index (κ1) is 21.8. The van der Waals surface area contributed by atoms with E-state index >= 15 is 0 Å². The van der Waals surface area contributed by atoms with Crippen molar-refractivity contribution < 1.29 is 22.8 Å². The van der Waals surface area contributed by atoms with Crippen molar-refractivity contribution in [3.8, 4) is 0 Å². The Morgan fingerprint density at radius 1 is 0.968 bits per heavy atom. The lowest BCUT2D eigenvalue weighted by Gasteiger charge is -2.24. The maximum absolute atomic E-state index is 12.9. The van der Waals surface area contributed by atoms with Crippen LogP contribution < -0.4 is 10.6 Å². The molecule has 1 saturated carbocycles. The number of imide groups is 1. The molecule has 2 aliphatic heterocycles. The third-order valence-electron chi connectivity index (χ3n) is 6.35. The van der Waals surface area contributed by atoms with Crippen molar-refractivity contribution in [3.63, 3.8) is 0 Å². The summed E-state index contributed by atoms with van der Waals surface area (Å²) in [6, 6.07) is 5.41. The van der Waals surface area contributed by atoms with Crippen LogP contribution in [0.15, 0.2) is 29.2 Å². The monoisotopic (exact) mass is 448 g/mol. The molecule has 1 aromatic carbocycles. The summed E-state index contributed by atoms with van der Waals surface area (Å²) in [7, 11) is -3.52. The summed E-state index contributed by atoms with van der Waals surface area (Å²) in [5.74, 6) is -0.842. The lowest BCUT2D eigenvalue weighted by Crippen LogP contribution is -2.47. The summed E-state index contributed by atoms with van der Waals surface area (Å²) in [6.45, 7) is 0.669. The molecule has 9 nitrogen and oxygen atoms in total. The van der Waals surface area contributed by atoms with Crippen molar-refractivity contribution in [2.75, 3.05) is 25.0 Å². The molecular formula is C21H28N4O5S. The molecule has 0 unspecified atom stereocenters. The lowest BCUT2D eigenvalue weighted by molar-refractivity contribution is -0.134. The van der Waals surface area contributed by atoms with Crippen LogP contribution in [0.3, 0.4) is 0 Å². The number of urea groups is 1. The zero-order chi connectivity index (χ0) is 22.1. The van der Waals surface area contributed by atoms with Crippen LogP contribution in [-0.4, -0.2) is 60.6 Å². The molecule has 3 fully saturated rings. The van der Waals surface area contributed by atoms with Crippen molar-refractivity contribution >= 4 is 33.6 Å². The van der Waals surface area contributed by atoms with E-state index in [1.807, 2.05) is 0 Å². The largest absolute Gasteiger partial charge is 0.325 e. The fourth-order valence-electron chi connectivity index (χ4n) is 4.62. The summed E-state index contributed by atoms with van der Waals surface area (Å²) in [5.41, 5.74) is -0.471. The van der Waals surface area contributed by atoms with Crippen LogP contribution in [0.25, 0.3) is 0 Å². The van der Waals surface area contributed by atoms with Crippen molar-refractivity contribution in [2.45, 2.75) is 61.8 Å². The van der Waals surface area contributed by atoms with Crippen molar-refractivity contribution in [2.24, 2.45) is 0 Å². The minimum atomic E-state index is -3.52. The van der Waals surface area contributed by atoms with E-state index in [9.17, 15) is 22.8 Å². The highest BCUT2D eigenvalue weighted by Crippen LogP contribution is 2.32. The molecule has 2 N–H and O–H groups in total. The smallest absolute Gasteiger partial charge is 0.325 e. The number of sulfonamides is 1. The predicted molar refractivity (Wildman–Crippen MR) is 114 cm³/mol. The SMILES string of the molecule is O=C(CN1C(=O)NC2(CCCCCC2)C1=O)Nc1ccc(S(=O)(=O)N2CCCC2)cc1. The number of amides is 4. The molecule has 1 aromatic rings. The van der Waals surface area contributed by atoms with Crippen molar-refractivity contribution in [1.82, 2.24) is 14.5 Å². The molecule has 3 aliphatic rings. The number of nitrogens with zero attached hydrogens (tertiary/aromatic N) is 2. The molecule has 0 radical (unpaired) electrons. The maximum Gasteiger partial charge on any atom is 0.325 e. The molecular weight excluding hydrogens is 420 g/mol. The van der Waals surface area contributed by atoms with Gasteiger partial charge in [0.2, 0.25) is 15.9 Å². The average molecular weight is 449 g/mol. The second-order valence-electron chi connectivity index (χ2n) is 8.50. The summed E-state index contributed by atoms with van der Waals surface area (Å²) in [6.07, 6.45) is 6.74. The maximum atomic E-state index is 12.9. The number of hydrogen-bond donors (Lipinski definition) is 2. The van der Waals surface area contributed by atoms with E-state index in [1.165, 1.54) is 28.6 Å². The van der Waals surface area contributed by atoms with Gasteiger partial charge in [-0.15, -0.1) is 0 Å². The molecule has 10 heteroatoms. The van der Waals surface area contributed by atoms with Gasteiger partial charge in [0.05, 0.1) is 4.90 Å². The molecule has 0 atom stereocenters. The van der Waals surface area contributed by atoms with Crippen LogP contribution >= 0.6 is 0 Å². The van der Waals surface area contributed by atoms with Gasteiger partial charge in [0.1, 0.15) is 12.1 Å². The average Bonchev–Trinajstić information content (AvgIpc) is 3.28. The molecule has 0 bridgehead atoms. The topological polar surface area (TPSA) is 116 Å². The molecule has 2 saturated heterocycles. The lowest BCUT2D eigenvalue weighted by atomic mass is 9.90. The Kier molecular flexibility index (Phi) is 6.02. The van der Waals surface area contributed by atoms with Crippen LogP contribution in [0.5, 0.6) is 0 Å². The zero-order valence-electron chi connectivity index (χ0n) is 17.4. The van der Waals surface area contributed by atoms with Gasteiger partial charge < -0.3 is 10.6 Å². The summed E-state index contributed by atoms with van der Waals surface area (Å²) < 4.78 is 26.6. The van der Waals surface area contributed by atoms with E-state index in [-0.39, 0.29) is 17.3 Å². The number of carbonyl (C=O) groups is 3. The highest BCUT2D eigenvalue weighted by atomic mass is 32.2. The van der Waals surface area contributed by atoms with E-state index < -0.39 is 27.5 Å². The molecule has 1 spiro atoms. The summed E-state index contributed by atoms with van der Waals surface area (Å²) >= 11 is 0. The fourth-order valence-corrected chi connectivity index (χ4v) is 6.14. The highest BCUT2D eigenvalue weighted by molar-refractivity contribution is 7.89. The number of rotatable bonds is 5. The van der Waals surface area contributed by atoms with Crippen LogP contribution in [-0.2, 0) is 19.6 Å². The van der Waals surface area contributed by atoms with Crippen molar-refractivity contribution in [1.29, 1.82) is 0 Å². The number of benzene rings is 1. The molecule has 4 rings (SSSR count). The fraction of sp³-hybridized carbons (Fsp3) is 0.571. The second kappa shape index (κ2) is 8.58. The predicted octanol–water partition coefficient (Wildman–Crippen LogP) is 2.05. The number of nitrogens with one attached hydrogen (secondary N) is 2. The quantitative estimate of drug-likeness (QED) is 0.669. The highest BCUT2D eigenvalue weighted by Gasteiger charge is 2.51. The van der Waals surface area contributed by atoms with Gasteiger partial charge in [0.15, 0.2) is 0 Å². The molecule has 31 heavy (non-hydrogen) atoms. The Morgan fingerprint density at radius 2 is 1.58 bits per heavy atom. The number of hydrogen-bond acceptors (Lipinski definition) is 5. The van der Waals surface area contributed by atoms with Gasteiger partial charge in [0, 0.05) is 18.8 Å². The Labute approximate surface area is 182 Å². The van der Waals surface area contributed by atoms with Crippen LogP contribution in [0.4, 0.5) is 10.5 Å². The minimum absolute atomic E-state index is 0.178. The molecule has 0 aromatic heterocycles. The van der Waals surface area contributed by atoms with Crippen LogP contribution in [0.2, 0.25) is 0 Å². The summed E-state index contributed by atoms with van der Waals surface area (Å²) in [5, 5.41) is 5.46. The van der Waals surface area contributed by atoms with E-state index in [4.69, 9.17) is 0 Å². The van der Waals surface area contributed by atoms with E-state index in [0.717, 1.165) is 43.4 Å². The molecule has 168 valence electrons. The van der Waals surface area contributed by atoms with Gasteiger partial charge in [-0.2, -0.15) is 4.31 Å². The van der Waals surface area contributed by atoms with E-state index in [2.05, 4.69) is 10.6 Å². The van der Waals surface area contributed by atoms with Gasteiger partial charge in [-0.05, 0) is 49.9 Å². The molecule has 4 amide bonds. The van der Waals surface area contributed by atoms with Gasteiger partial charge in [-0.3, -0.25) is 14.5 Å². The van der Waals surface area contributed by atoms with E-state index in [1.54, 1.807) is 0 Å². The van der Waals surface area contributed by atoms with Crippen LogP contribution in [0.1, 0.15) is 51.4 Å². The molecule has 1 aliphatic carbocycles. The van der Waals surface area contributed by atoms with Gasteiger partial charge >= 0.3 is 6.03 Å². The Balaban J connectivity index is 1.38. The zero-order valence-corrected chi connectivity index (χ0v) is 18.2. The van der Waals surface area contributed by atoms with Crippen molar-refractivity contribution in [3.05, 3.63) is 24.3 Å². The minimum Gasteiger partial charge on any atom is -0.325 e. The van der Waals surface area contributed by atoms with E-state index in [0.29, 0.717) is 31.6 Å². The number of anilines is 1. The third kappa shape index (κ3) is 4.31. The first-order valence-corrected chi connectivity index (χ1v) is 12.3. The molecule has 2 heterocycles. The first-order chi connectivity index (χ1) is 14.8. The normalized spacial score (nSPS) is 21.9. The standard InChI is InChI=1S/C21H28N4O5S/c26-18(15-25-19(27)21(23-20(25)28)11-3-1-2-4-12-21)22-16-7-9-17(10-8-16)31(29,30)24-13-5-6-14-24/h7-10H,1-6,11-15H2,(H,22,26)(H,23,28). The van der Waals surface area contributed by atoms with Crippen LogP contribution in [0, 0.1) is 0 Å². The number of carbonyl (C=O) groups excluding carboxylic acids is 3. The Hall–Kier alpha value is -2.46. The third-order valence-corrected chi connectivity index (χ3v) is 8.26. The Morgan fingerprint density at radius 3 is 2.19 bits per heavy atom. The van der Waals surface area contributed by atoms with Gasteiger partial charge in [-0.25, -0.2) is 13.2 Å². The summed E-state index contributed by atoms with van der Waals surface area (Å²) in [4.78, 5) is 38.9. The Bertz CT molecular complexity index is 962. The second-order valence-corrected chi connectivity index (χ2v) is 10.4. The first-order valence-electron chi connectivity index (χ1n) is 10.9.